The number of nitrogens with one attached hydrogen (secondary N) is 1. The van der Waals surface area contributed by atoms with E-state index < -0.39 is 55.3 Å². The Hall–Kier alpha value is -0.990. The van der Waals surface area contributed by atoms with Gasteiger partial charge in [0.15, 0.2) is 0 Å². The SMILES string of the molecule is C=CC(=O)NC1C(O)[C@H](O)C(CO)C(CO)[C@H]1O. The molecule has 0 radical (unpaired) electrons. The van der Waals surface area contributed by atoms with Gasteiger partial charge in [-0.3, -0.25) is 4.79 Å². The van der Waals surface area contributed by atoms with Crippen molar-refractivity contribution in [2.45, 2.75) is 24.4 Å². The van der Waals surface area contributed by atoms with Crippen LogP contribution in [0.3, 0.4) is 0 Å². The molecule has 0 saturated heterocycles. The Kier molecular flexibility index (Phi) is 5.24. The van der Waals surface area contributed by atoms with Crippen molar-refractivity contribution in [2.75, 3.05) is 13.2 Å². The van der Waals surface area contributed by atoms with Crippen LogP contribution in [-0.4, -0.2) is 69.0 Å². The van der Waals surface area contributed by atoms with E-state index in [4.69, 9.17) is 5.11 Å². The number of hydrogen-bond donors (Lipinski definition) is 6. The molecule has 0 heterocycles. The lowest BCUT2D eigenvalue weighted by Crippen LogP contribution is -2.65. The lowest BCUT2D eigenvalue weighted by atomic mass is 9.72. The maximum absolute atomic E-state index is 11.2. The van der Waals surface area contributed by atoms with Crippen LogP contribution in [0.1, 0.15) is 0 Å². The maximum atomic E-state index is 11.2. The van der Waals surface area contributed by atoms with E-state index in [0.717, 1.165) is 6.08 Å². The Labute approximate surface area is 104 Å². The molecule has 6 atom stereocenters. The number of aliphatic hydroxyl groups excluding tert-OH is 5. The predicted octanol–water partition coefficient (Wildman–Crippen LogP) is -3.03. The van der Waals surface area contributed by atoms with E-state index in [2.05, 4.69) is 11.9 Å². The summed E-state index contributed by atoms with van der Waals surface area (Å²) in [7, 11) is 0. The molecule has 18 heavy (non-hydrogen) atoms. The molecule has 0 spiro atoms. The molecule has 7 nitrogen and oxygen atoms in total. The third-order valence-corrected chi connectivity index (χ3v) is 3.43. The van der Waals surface area contributed by atoms with Crippen molar-refractivity contribution in [1.82, 2.24) is 5.32 Å². The molecule has 0 aromatic heterocycles. The summed E-state index contributed by atoms with van der Waals surface area (Å²) in [4.78, 5) is 11.2. The Morgan fingerprint density at radius 1 is 1.06 bits per heavy atom. The first kappa shape index (κ1) is 15.1. The molecule has 1 rings (SSSR count). The summed E-state index contributed by atoms with van der Waals surface area (Å²) in [6.45, 7) is 2.28. The van der Waals surface area contributed by atoms with E-state index in [-0.39, 0.29) is 0 Å². The smallest absolute Gasteiger partial charge is 0.243 e. The summed E-state index contributed by atoms with van der Waals surface area (Å²) < 4.78 is 0. The fourth-order valence-electron chi connectivity index (χ4n) is 2.32. The van der Waals surface area contributed by atoms with E-state index in [0.29, 0.717) is 0 Å². The zero-order valence-corrected chi connectivity index (χ0v) is 9.81. The van der Waals surface area contributed by atoms with Gasteiger partial charge in [0.2, 0.25) is 5.91 Å². The summed E-state index contributed by atoms with van der Waals surface area (Å²) in [5.74, 6) is -2.29. The second-order valence-corrected chi connectivity index (χ2v) is 4.40. The molecular weight excluding hydrogens is 242 g/mol. The Bertz CT molecular complexity index is 310. The first-order valence-corrected chi connectivity index (χ1v) is 5.66. The van der Waals surface area contributed by atoms with Crippen LogP contribution in [0.15, 0.2) is 12.7 Å². The predicted molar refractivity (Wildman–Crippen MR) is 61.3 cm³/mol. The van der Waals surface area contributed by atoms with Crippen LogP contribution in [0.25, 0.3) is 0 Å². The van der Waals surface area contributed by atoms with Crippen molar-refractivity contribution < 1.29 is 30.3 Å². The van der Waals surface area contributed by atoms with E-state index in [1.54, 1.807) is 0 Å². The highest BCUT2D eigenvalue weighted by molar-refractivity contribution is 5.87. The van der Waals surface area contributed by atoms with Crippen molar-refractivity contribution in [3.63, 3.8) is 0 Å². The first-order chi connectivity index (χ1) is 8.47. The fraction of sp³-hybridized carbons (Fsp3) is 0.727. The Morgan fingerprint density at radius 3 is 2.00 bits per heavy atom. The summed E-state index contributed by atoms with van der Waals surface area (Å²) in [6, 6.07) is -1.12. The number of amides is 1. The average molecular weight is 261 g/mol. The van der Waals surface area contributed by atoms with Crippen LogP contribution >= 0.6 is 0 Å². The van der Waals surface area contributed by atoms with Gasteiger partial charge in [0.25, 0.3) is 0 Å². The number of rotatable bonds is 4. The monoisotopic (exact) mass is 261 g/mol. The van der Waals surface area contributed by atoms with Crippen LogP contribution in [0.5, 0.6) is 0 Å². The zero-order chi connectivity index (χ0) is 13.9. The lowest BCUT2D eigenvalue weighted by molar-refractivity contribution is -0.157. The highest BCUT2D eigenvalue weighted by atomic mass is 16.3. The molecule has 1 aliphatic rings. The summed E-state index contributed by atoms with van der Waals surface area (Å²) in [5.41, 5.74) is 0. The summed E-state index contributed by atoms with van der Waals surface area (Å²) >= 11 is 0. The number of carbonyl (C=O) groups excluding carboxylic acids is 1. The van der Waals surface area contributed by atoms with Crippen molar-refractivity contribution in [2.24, 2.45) is 11.8 Å². The Balaban J connectivity index is 2.91. The molecule has 1 fully saturated rings. The minimum atomic E-state index is -1.43. The Morgan fingerprint density at radius 2 is 1.56 bits per heavy atom. The quantitative estimate of drug-likeness (QED) is 0.299. The van der Waals surface area contributed by atoms with Gasteiger partial charge in [-0.1, -0.05) is 6.58 Å². The van der Waals surface area contributed by atoms with Crippen LogP contribution in [0, 0.1) is 11.8 Å². The highest BCUT2D eigenvalue weighted by Crippen LogP contribution is 2.31. The molecule has 1 aliphatic carbocycles. The molecule has 1 saturated carbocycles. The fourth-order valence-corrected chi connectivity index (χ4v) is 2.32. The van der Waals surface area contributed by atoms with Gasteiger partial charge in [-0.25, -0.2) is 0 Å². The van der Waals surface area contributed by atoms with Crippen molar-refractivity contribution in [3.8, 4) is 0 Å². The molecular formula is C11H19NO6. The van der Waals surface area contributed by atoms with Gasteiger partial charge in [0, 0.05) is 25.0 Å². The van der Waals surface area contributed by atoms with Gasteiger partial charge in [-0.2, -0.15) is 0 Å². The van der Waals surface area contributed by atoms with Crippen LogP contribution < -0.4 is 5.32 Å². The summed E-state index contributed by atoms with van der Waals surface area (Å²) in [5, 5.41) is 50.2. The molecule has 0 aromatic rings. The maximum Gasteiger partial charge on any atom is 0.243 e. The van der Waals surface area contributed by atoms with Crippen LogP contribution in [0.4, 0.5) is 0 Å². The third kappa shape index (κ3) is 2.70. The third-order valence-electron chi connectivity index (χ3n) is 3.43. The van der Waals surface area contributed by atoms with Crippen LogP contribution in [0.2, 0.25) is 0 Å². The van der Waals surface area contributed by atoms with Crippen molar-refractivity contribution in [1.29, 1.82) is 0 Å². The summed E-state index contributed by atoms with van der Waals surface area (Å²) in [6.07, 6.45) is -3.07. The largest absolute Gasteiger partial charge is 0.396 e. The minimum Gasteiger partial charge on any atom is -0.396 e. The molecule has 4 unspecified atom stereocenters. The van der Waals surface area contributed by atoms with Gasteiger partial charge in [-0.15, -0.1) is 0 Å². The molecule has 1 amide bonds. The highest BCUT2D eigenvalue weighted by Gasteiger charge is 2.49. The van der Waals surface area contributed by atoms with Gasteiger partial charge >= 0.3 is 0 Å². The molecule has 6 N–H and O–H groups in total. The zero-order valence-electron chi connectivity index (χ0n) is 9.81. The molecule has 0 bridgehead atoms. The van der Waals surface area contributed by atoms with Gasteiger partial charge in [-0.05, 0) is 6.08 Å². The topological polar surface area (TPSA) is 130 Å². The first-order valence-electron chi connectivity index (χ1n) is 5.66. The normalized spacial score (nSPS) is 40.3. The van der Waals surface area contributed by atoms with Gasteiger partial charge in [0.05, 0.1) is 18.2 Å². The van der Waals surface area contributed by atoms with Gasteiger partial charge < -0.3 is 30.8 Å². The molecule has 104 valence electrons. The number of carbonyl (C=O) groups is 1. The van der Waals surface area contributed by atoms with E-state index in [9.17, 15) is 25.2 Å². The number of aliphatic hydroxyl groups is 5. The lowest BCUT2D eigenvalue weighted by Gasteiger charge is -2.45. The van der Waals surface area contributed by atoms with E-state index in [1.165, 1.54) is 0 Å². The van der Waals surface area contributed by atoms with Crippen molar-refractivity contribution in [3.05, 3.63) is 12.7 Å². The van der Waals surface area contributed by atoms with E-state index >= 15 is 0 Å². The van der Waals surface area contributed by atoms with Gasteiger partial charge in [0.1, 0.15) is 6.10 Å². The van der Waals surface area contributed by atoms with Crippen LogP contribution in [-0.2, 0) is 4.79 Å². The number of hydrogen-bond acceptors (Lipinski definition) is 6. The second-order valence-electron chi connectivity index (χ2n) is 4.40. The molecule has 0 aliphatic heterocycles. The van der Waals surface area contributed by atoms with Crippen molar-refractivity contribution >= 4 is 5.91 Å². The minimum absolute atomic E-state index is 0.476. The molecule has 0 aromatic carbocycles. The average Bonchev–Trinajstić information content (AvgIpc) is 2.38. The standard InChI is InChI=1S/C11H19NO6/c1-2-7(15)12-8-9(16)5(3-13)6(4-14)10(17)11(8)18/h2,5-6,8-11,13-14,16-18H,1,3-4H2,(H,12,15)/t5?,6?,8?,9-,10-,11?/m1/s1. The second kappa shape index (κ2) is 6.26. The molecule has 7 heteroatoms. The van der Waals surface area contributed by atoms with E-state index in [1.807, 2.05) is 0 Å².